The lowest BCUT2D eigenvalue weighted by atomic mass is 10.1. The van der Waals surface area contributed by atoms with E-state index in [1.54, 1.807) is 23.9 Å². The third-order valence-electron chi connectivity index (χ3n) is 2.66. The van der Waals surface area contributed by atoms with Gasteiger partial charge in [0.2, 0.25) is 0 Å². The predicted molar refractivity (Wildman–Crippen MR) is 79.3 cm³/mol. The smallest absolute Gasteiger partial charge is 0.337 e. The summed E-state index contributed by atoms with van der Waals surface area (Å²) in [6, 6.07) is 12.8. The van der Waals surface area contributed by atoms with Crippen molar-refractivity contribution in [1.82, 2.24) is 0 Å². The molecule has 5 heteroatoms. The molecular formula is C14H14N2O2S. The molecule has 4 N–H and O–H groups in total. The summed E-state index contributed by atoms with van der Waals surface area (Å²) in [6.45, 7) is 0. The zero-order valence-corrected chi connectivity index (χ0v) is 11.2. The Hall–Kier alpha value is -2.14. The Morgan fingerprint density at radius 2 is 1.79 bits per heavy atom. The number of nitrogen functional groups attached to an aromatic ring is 1. The van der Waals surface area contributed by atoms with Crippen LogP contribution in [0.15, 0.2) is 47.4 Å². The largest absolute Gasteiger partial charge is 0.478 e. The summed E-state index contributed by atoms with van der Waals surface area (Å²) in [7, 11) is 0. The minimum absolute atomic E-state index is 0.103. The molecule has 0 bridgehead atoms. The number of aromatic carboxylic acids is 1. The van der Waals surface area contributed by atoms with E-state index >= 15 is 0 Å². The molecule has 0 spiro atoms. The van der Waals surface area contributed by atoms with Crippen LogP contribution in [0.1, 0.15) is 10.4 Å². The Kier molecular flexibility index (Phi) is 3.97. The highest BCUT2D eigenvalue weighted by atomic mass is 32.2. The fourth-order valence-electron chi connectivity index (χ4n) is 1.66. The first-order valence-electron chi connectivity index (χ1n) is 5.64. The molecule has 2 aromatic carbocycles. The first-order valence-corrected chi connectivity index (χ1v) is 6.86. The number of carboxylic acid groups (broad SMARTS) is 1. The standard InChI is InChI=1S/C14H14N2O2S/c1-19-11-5-2-9(3-6-11)16-10-4-7-13(15)12(8-10)14(17)18/h2-8,16H,15H2,1H3,(H,17,18). The second kappa shape index (κ2) is 5.67. The van der Waals surface area contributed by atoms with Crippen molar-refractivity contribution in [3.8, 4) is 0 Å². The summed E-state index contributed by atoms with van der Waals surface area (Å²) < 4.78 is 0. The van der Waals surface area contributed by atoms with Gasteiger partial charge < -0.3 is 16.2 Å². The van der Waals surface area contributed by atoms with Gasteiger partial charge in [0, 0.05) is 22.0 Å². The first-order chi connectivity index (χ1) is 9.10. The van der Waals surface area contributed by atoms with E-state index in [9.17, 15) is 4.79 Å². The lowest BCUT2D eigenvalue weighted by Gasteiger charge is -2.09. The van der Waals surface area contributed by atoms with Gasteiger partial charge in [0.25, 0.3) is 0 Å². The van der Waals surface area contributed by atoms with E-state index in [2.05, 4.69) is 5.32 Å². The van der Waals surface area contributed by atoms with Gasteiger partial charge in [-0.25, -0.2) is 4.79 Å². The van der Waals surface area contributed by atoms with Crippen molar-refractivity contribution in [2.75, 3.05) is 17.3 Å². The highest BCUT2D eigenvalue weighted by Gasteiger charge is 2.08. The number of benzene rings is 2. The molecule has 0 amide bonds. The van der Waals surface area contributed by atoms with Crippen molar-refractivity contribution < 1.29 is 9.90 Å². The third-order valence-corrected chi connectivity index (χ3v) is 3.41. The van der Waals surface area contributed by atoms with Crippen LogP contribution in [0.2, 0.25) is 0 Å². The van der Waals surface area contributed by atoms with Crippen molar-refractivity contribution in [3.05, 3.63) is 48.0 Å². The predicted octanol–water partition coefficient (Wildman–Crippen LogP) is 3.43. The number of hydrogen-bond donors (Lipinski definition) is 3. The Bertz CT molecular complexity index is 597. The maximum absolute atomic E-state index is 11.0. The lowest BCUT2D eigenvalue weighted by Crippen LogP contribution is -2.03. The maximum atomic E-state index is 11.0. The normalized spacial score (nSPS) is 10.2. The fourth-order valence-corrected chi connectivity index (χ4v) is 2.07. The van der Waals surface area contributed by atoms with Gasteiger partial charge in [0.15, 0.2) is 0 Å². The topological polar surface area (TPSA) is 75.3 Å². The van der Waals surface area contributed by atoms with Crippen molar-refractivity contribution in [2.24, 2.45) is 0 Å². The second-order valence-corrected chi connectivity index (χ2v) is 4.84. The minimum Gasteiger partial charge on any atom is -0.478 e. The van der Waals surface area contributed by atoms with Crippen LogP contribution in [0.25, 0.3) is 0 Å². The monoisotopic (exact) mass is 274 g/mol. The molecule has 2 rings (SSSR count). The van der Waals surface area contributed by atoms with Gasteiger partial charge in [0.05, 0.1) is 5.56 Å². The summed E-state index contributed by atoms with van der Waals surface area (Å²) >= 11 is 1.67. The summed E-state index contributed by atoms with van der Waals surface area (Å²) in [4.78, 5) is 12.2. The van der Waals surface area contributed by atoms with Crippen LogP contribution in [0.5, 0.6) is 0 Å². The highest BCUT2D eigenvalue weighted by molar-refractivity contribution is 7.98. The van der Waals surface area contributed by atoms with E-state index in [-0.39, 0.29) is 11.3 Å². The molecule has 0 aliphatic heterocycles. The number of anilines is 3. The number of nitrogens with one attached hydrogen (secondary N) is 1. The van der Waals surface area contributed by atoms with Crippen molar-refractivity contribution >= 4 is 34.8 Å². The Morgan fingerprint density at radius 1 is 1.16 bits per heavy atom. The Morgan fingerprint density at radius 3 is 2.37 bits per heavy atom. The quantitative estimate of drug-likeness (QED) is 0.588. The SMILES string of the molecule is CSc1ccc(Nc2ccc(N)c(C(=O)O)c2)cc1. The number of hydrogen-bond acceptors (Lipinski definition) is 4. The molecule has 0 unspecified atom stereocenters. The van der Waals surface area contributed by atoms with Gasteiger partial charge in [-0.2, -0.15) is 0 Å². The maximum Gasteiger partial charge on any atom is 0.337 e. The summed E-state index contributed by atoms with van der Waals surface area (Å²) in [6.07, 6.45) is 2.02. The van der Waals surface area contributed by atoms with Gasteiger partial charge in [-0.05, 0) is 48.7 Å². The van der Waals surface area contributed by atoms with Crippen molar-refractivity contribution in [3.63, 3.8) is 0 Å². The molecule has 0 heterocycles. The molecule has 0 aliphatic rings. The van der Waals surface area contributed by atoms with E-state index < -0.39 is 5.97 Å². The lowest BCUT2D eigenvalue weighted by molar-refractivity contribution is 0.0698. The van der Waals surface area contributed by atoms with Crippen LogP contribution in [-0.2, 0) is 0 Å². The molecule has 4 nitrogen and oxygen atoms in total. The van der Waals surface area contributed by atoms with Crippen LogP contribution in [-0.4, -0.2) is 17.3 Å². The van der Waals surface area contributed by atoms with Gasteiger partial charge >= 0.3 is 5.97 Å². The van der Waals surface area contributed by atoms with Gasteiger partial charge in [-0.3, -0.25) is 0 Å². The van der Waals surface area contributed by atoms with Crippen LogP contribution < -0.4 is 11.1 Å². The third kappa shape index (κ3) is 3.20. The molecule has 0 radical (unpaired) electrons. The number of rotatable bonds is 4. The van der Waals surface area contributed by atoms with Crippen LogP contribution in [0, 0.1) is 0 Å². The van der Waals surface area contributed by atoms with Gasteiger partial charge in [-0.15, -0.1) is 11.8 Å². The average Bonchev–Trinajstić information content (AvgIpc) is 2.41. The number of thioether (sulfide) groups is 1. The van der Waals surface area contributed by atoms with Crippen LogP contribution in [0.3, 0.4) is 0 Å². The molecule has 2 aromatic rings. The highest BCUT2D eigenvalue weighted by Crippen LogP contribution is 2.23. The van der Waals surface area contributed by atoms with E-state index in [0.29, 0.717) is 5.69 Å². The Labute approximate surface area is 115 Å². The molecular weight excluding hydrogens is 260 g/mol. The van der Waals surface area contributed by atoms with Crippen molar-refractivity contribution in [1.29, 1.82) is 0 Å². The van der Waals surface area contributed by atoms with E-state index in [4.69, 9.17) is 10.8 Å². The van der Waals surface area contributed by atoms with Gasteiger partial charge in [-0.1, -0.05) is 0 Å². The molecule has 0 saturated heterocycles. The summed E-state index contributed by atoms with van der Waals surface area (Å²) in [5, 5.41) is 12.2. The van der Waals surface area contributed by atoms with E-state index in [1.165, 1.54) is 11.0 Å². The Balaban J connectivity index is 2.22. The molecule has 19 heavy (non-hydrogen) atoms. The molecule has 0 fully saturated rings. The van der Waals surface area contributed by atoms with E-state index in [1.807, 2.05) is 30.5 Å². The average molecular weight is 274 g/mol. The fraction of sp³-hybridized carbons (Fsp3) is 0.0714. The van der Waals surface area contributed by atoms with Crippen LogP contribution >= 0.6 is 11.8 Å². The molecule has 0 atom stereocenters. The zero-order chi connectivity index (χ0) is 13.8. The number of carboxylic acids is 1. The first kappa shape index (κ1) is 13.3. The number of carbonyl (C=O) groups is 1. The summed E-state index contributed by atoms with van der Waals surface area (Å²) in [5.74, 6) is -1.03. The molecule has 98 valence electrons. The molecule has 0 saturated carbocycles. The van der Waals surface area contributed by atoms with Crippen molar-refractivity contribution in [2.45, 2.75) is 4.90 Å². The van der Waals surface area contributed by atoms with E-state index in [0.717, 1.165) is 5.69 Å². The summed E-state index contributed by atoms with van der Waals surface area (Å²) in [5.41, 5.74) is 7.57. The second-order valence-electron chi connectivity index (χ2n) is 3.96. The minimum atomic E-state index is -1.03. The number of nitrogens with two attached hydrogens (primary N) is 1. The van der Waals surface area contributed by atoms with Crippen LogP contribution in [0.4, 0.5) is 17.1 Å². The zero-order valence-electron chi connectivity index (χ0n) is 10.4. The van der Waals surface area contributed by atoms with Gasteiger partial charge in [0.1, 0.15) is 0 Å². The molecule has 0 aromatic heterocycles. The molecule has 0 aliphatic carbocycles.